The summed E-state index contributed by atoms with van der Waals surface area (Å²) in [5, 5.41) is 0. The lowest BCUT2D eigenvalue weighted by Crippen LogP contribution is -2.41. The third-order valence-corrected chi connectivity index (χ3v) is 2.75. The first-order valence-corrected chi connectivity index (χ1v) is 5.19. The van der Waals surface area contributed by atoms with Gasteiger partial charge in [-0.2, -0.15) is 4.89 Å². The molecule has 0 saturated carbocycles. The van der Waals surface area contributed by atoms with Crippen LogP contribution in [0.3, 0.4) is 0 Å². The van der Waals surface area contributed by atoms with Gasteiger partial charge in [-0.1, -0.05) is 0 Å². The van der Waals surface area contributed by atoms with Crippen molar-refractivity contribution >= 4 is 7.12 Å². The Bertz CT molecular complexity index is 222. The molecule has 0 radical (unpaired) electrons. The summed E-state index contributed by atoms with van der Waals surface area (Å²) >= 11 is 0. The quantitative estimate of drug-likeness (QED) is 0.236. The Hall–Kier alpha value is -0.515. The molecule has 5 heteroatoms. The topological polar surface area (TPSA) is 36.9 Å². The lowest BCUT2D eigenvalue weighted by atomic mass is 9.90. The van der Waals surface area contributed by atoms with Gasteiger partial charge in [-0.3, -0.25) is 0 Å². The highest BCUT2D eigenvalue weighted by Gasteiger charge is 2.50. The summed E-state index contributed by atoms with van der Waals surface area (Å²) in [4.78, 5) is 9.44. The van der Waals surface area contributed by atoms with Crippen molar-refractivity contribution in [1.29, 1.82) is 0 Å². The highest BCUT2D eigenvalue weighted by Crippen LogP contribution is 2.36. The molecule has 0 spiro atoms. The van der Waals surface area contributed by atoms with Crippen LogP contribution in [0.25, 0.3) is 0 Å². The molecule has 1 rings (SSSR count). The minimum absolute atomic E-state index is 0.312. The number of hydrogen-bond acceptors (Lipinski definition) is 4. The molecule has 1 aliphatic heterocycles. The fourth-order valence-electron chi connectivity index (χ4n) is 1.17. The van der Waals surface area contributed by atoms with Crippen LogP contribution < -0.4 is 0 Å². The van der Waals surface area contributed by atoms with Gasteiger partial charge in [-0.15, -0.1) is 0 Å². The third-order valence-electron chi connectivity index (χ3n) is 2.75. The predicted molar refractivity (Wildman–Crippen MR) is 57.9 cm³/mol. The van der Waals surface area contributed by atoms with Crippen molar-refractivity contribution in [2.45, 2.75) is 45.8 Å². The fourth-order valence-corrected chi connectivity index (χ4v) is 1.17. The van der Waals surface area contributed by atoms with Gasteiger partial charge >= 0.3 is 7.12 Å². The maximum absolute atomic E-state index is 5.70. The van der Waals surface area contributed by atoms with E-state index in [0.29, 0.717) is 6.61 Å². The highest BCUT2D eigenvalue weighted by molar-refractivity contribution is 6.51. The number of hydrogen-bond donors (Lipinski definition) is 0. The molecule has 1 aliphatic rings. The van der Waals surface area contributed by atoms with Crippen LogP contribution in [0.1, 0.15) is 34.6 Å². The van der Waals surface area contributed by atoms with E-state index in [2.05, 4.69) is 0 Å². The fraction of sp³-hybridized carbons (Fsp3) is 0.800. The van der Waals surface area contributed by atoms with Crippen molar-refractivity contribution in [1.82, 2.24) is 0 Å². The summed E-state index contributed by atoms with van der Waals surface area (Å²) in [5.41, 5.74) is -0.624. The average molecular weight is 214 g/mol. The molecular weight excluding hydrogens is 195 g/mol. The largest absolute Gasteiger partial charge is 0.490 e. The second-order valence-electron chi connectivity index (χ2n) is 4.46. The molecule has 0 aromatic heterocycles. The first kappa shape index (κ1) is 12.6. The zero-order valence-electron chi connectivity index (χ0n) is 10.1. The highest BCUT2D eigenvalue weighted by atomic mass is 17.2. The number of rotatable bonds is 4. The molecular formula is C10H19BO4. The SMILES string of the molecule is CCOO/C=C/B1OC(C)(C)C(C)(C)O1. The van der Waals surface area contributed by atoms with Crippen LogP contribution in [0.4, 0.5) is 0 Å². The molecule has 0 unspecified atom stereocenters. The van der Waals surface area contributed by atoms with Gasteiger partial charge < -0.3 is 14.2 Å². The van der Waals surface area contributed by atoms with Crippen LogP contribution in [0.15, 0.2) is 12.2 Å². The lowest BCUT2D eigenvalue weighted by Gasteiger charge is -2.32. The van der Waals surface area contributed by atoms with E-state index in [1.54, 1.807) is 5.98 Å². The molecule has 4 nitrogen and oxygen atoms in total. The first-order chi connectivity index (χ1) is 6.89. The van der Waals surface area contributed by atoms with Gasteiger partial charge in [0.2, 0.25) is 0 Å². The summed E-state index contributed by atoms with van der Waals surface area (Å²) in [5.74, 6) is 1.69. The van der Waals surface area contributed by atoms with E-state index in [4.69, 9.17) is 19.1 Å². The molecule has 1 fully saturated rings. The van der Waals surface area contributed by atoms with Gasteiger partial charge in [0.15, 0.2) is 0 Å². The van der Waals surface area contributed by atoms with E-state index in [1.165, 1.54) is 6.26 Å². The van der Waals surface area contributed by atoms with E-state index in [-0.39, 0.29) is 18.3 Å². The first-order valence-electron chi connectivity index (χ1n) is 5.19. The van der Waals surface area contributed by atoms with Gasteiger partial charge in [0.05, 0.1) is 17.8 Å². The van der Waals surface area contributed by atoms with E-state index in [0.717, 1.165) is 0 Å². The van der Waals surface area contributed by atoms with Gasteiger partial charge in [0.25, 0.3) is 0 Å². The Kier molecular flexibility index (Phi) is 3.81. The van der Waals surface area contributed by atoms with Crippen molar-refractivity contribution in [2.75, 3.05) is 6.61 Å². The third kappa shape index (κ3) is 2.97. The second kappa shape index (κ2) is 4.55. The molecule has 1 saturated heterocycles. The molecule has 0 aromatic rings. The summed E-state index contributed by atoms with van der Waals surface area (Å²) in [6.45, 7) is 10.4. The molecule has 0 aliphatic carbocycles. The smallest absolute Gasteiger partial charge is 0.400 e. The van der Waals surface area contributed by atoms with Gasteiger partial charge in [0.1, 0.15) is 6.26 Å². The van der Waals surface area contributed by atoms with Crippen LogP contribution in [-0.4, -0.2) is 24.9 Å². The van der Waals surface area contributed by atoms with Crippen molar-refractivity contribution in [2.24, 2.45) is 0 Å². The van der Waals surface area contributed by atoms with Crippen molar-refractivity contribution in [3.63, 3.8) is 0 Å². The zero-order chi connectivity index (χ0) is 11.5. The average Bonchev–Trinajstić information content (AvgIpc) is 2.30. The maximum atomic E-state index is 5.70. The molecule has 0 amide bonds. The maximum Gasteiger partial charge on any atom is 0.490 e. The van der Waals surface area contributed by atoms with Gasteiger partial charge in [0, 0.05) is 0 Å². The summed E-state index contributed by atoms with van der Waals surface area (Å²) < 4.78 is 11.4. The Morgan fingerprint density at radius 1 is 1.13 bits per heavy atom. The Morgan fingerprint density at radius 3 is 2.13 bits per heavy atom. The minimum atomic E-state index is -0.379. The lowest BCUT2D eigenvalue weighted by molar-refractivity contribution is -0.244. The minimum Gasteiger partial charge on any atom is -0.400 e. The standard InChI is InChI=1S/C10H19BO4/c1-6-12-13-8-7-11-14-9(2,3)10(4,5)15-11/h7-8H,6H2,1-5H3/b8-7+. The van der Waals surface area contributed by atoms with E-state index in [1.807, 2.05) is 34.6 Å². The zero-order valence-corrected chi connectivity index (χ0v) is 10.1. The molecule has 0 aromatic carbocycles. The van der Waals surface area contributed by atoms with Crippen LogP contribution in [0, 0.1) is 0 Å². The summed E-state index contributed by atoms with van der Waals surface area (Å²) in [6.07, 6.45) is 1.44. The molecule has 0 bridgehead atoms. The van der Waals surface area contributed by atoms with Gasteiger partial charge in [-0.25, -0.2) is 0 Å². The Balaban J connectivity index is 2.45. The van der Waals surface area contributed by atoms with Crippen LogP contribution in [0.5, 0.6) is 0 Å². The normalized spacial score (nSPS) is 23.7. The molecule has 15 heavy (non-hydrogen) atoms. The van der Waals surface area contributed by atoms with Crippen LogP contribution in [-0.2, 0) is 19.1 Å². The summed E-state index contributed by atoms with van der Waals surface area (Å²) in [7, 11) is -0.379. The van der Waals surface area contributed by atoms with E-state index in [9.17, 15) is 0 Å². The molecule has 86 valence electrons. The molecule has 0 N–H and O–H groups in total. The van der Waals surface area contributed by atoms with Gasteiger partial charge in [-0.05, 0) is 40.6 Å². The monoisotopic (exact) mass is 214 g/mol. The van der Waals surface area contributed by atoms with E-state index >= 15 is 0 Å². The Morgan fingerprint density at radius 2 is 1.67 bits per heavy atom. The van der Waals surface area contributed by atoms with Crippen LogP contribution >= 0.6 is 0 Å². The second-order valence-corrected chi connectivity index (χ2v) is 4.46. The van der Waals surface area contributed by atoms with Crippen molar-refractivity contribution < 1.29 is 19.1 Å². The van der Waals surface area contributed by atoms with Crippen LogP contribution in [0.2, 0.25) is 0 Å². The molecule has 0 atom stereocenters. The molecule has 1 heterocycles. The van der Waals surface area contributed by atoms with Crippen molar-refractivity contribution in [3.8, 4) is 0 Å². The Labute approximate surface area is 91.6 Å². The predicted octanol–water partition coefficient (Wildman–Crippen LogP) is 2.10. The van der Waals surface area contributed by atoms with E-state index < -0.39 is 0 Å². The summed E-state index contributed by atoms with van der Waals surface area (Å²) in [6, 6.07) is 0. The van der Waals surface area contributed by atoms with Crippen molar-refractivity contribution in [3.05, 3.63) is 12.2 Å².